The zero-order valence-corrected chi connectivity index (χ0v) is 15.2. The average Bonchev–Trinajstić information content (AvgIpc) is 2.58. The fourth-order valence-electron chi connectivity index (χ4n) is 3.05. The van der Waals surface area contributed by atoms with Crippen LogP contribution in [-0.4, -0.2) is 39.3 Å². The minimum Gasteiger partial charge on any atom is -0.487 e. The molecule has 0 radical (unpaired) electrons. The summed E-state index contributed by atoms with van der Waals surface area (Å²) >= 11 is 6.20. The number of nitrogens with one attached hydrogen (secondary N) is 2. The lowest BCUT2D eigenvalue weighted by atomic mass is 9.84. The zero-order valence-electron chi connectivity index (χ0n) is 14.4. The third-order valence-corrected chi connectivity index (χ3v) is 4.77. The minimum absolute atomic E-state index is 0.000101. The number of hydrogen-bond donors (Lipinski definition) is 2. The molecule has 0 bridgehead atoms. The van der Waals surface area contributed by atoms with Crippen molar-refractivity contribution in [1.82, 2.24) is 5.32 Å². The van der Waals surface area contributed by atoms with Crippen molar-refractivity contribution in [1.29, 1.82) is 0 Å². The van der Waals surface area contributed by atoms with Crippen molar-refractivity contribution in [3.63, 3.8) is 0 Å². The Hall–Kier alpha value is -1.30. The standard InChI is InChI=1S/C18H27ClN2O3/c1-13(14-6-8-20-9-7-14)12-17(22)21-16-5-3-4-15(19)18(16)24-11-10-23-2/h3-5,13-14,20H,6-12H2,1-2H3,(H,21,22). The van der Waals surface area contributed by atoms with Gasteiger partial charge in [-0.05, 0) is 49.9 Å². The zero-order chi connectivity index (χ0) is 17.4. The molecule has 1 aliphatic heterocycles. The van der Waals surface area contributed by atoms with Gasteiger partial charge in [0.1, 0.15) is 6.61 Å². The van der Waals surface area contributed by atoms with Gasteiger partial charge in [-0.15, -0.1) is 0 Å². The maximum Gasteiger partial charge on any atom is 0.224 e. The van der Waals surface area contributed by atoms with Gasteiger partial charge in [0.05, 0.1) is 17.3 Å². The molecule has 0 saturated carbocycles. The van der Waals surface area contributed by atoms with Crippen molar-refractivity contribution in [2.75, 3.05) is 38.7 Å². The monoisotopic (exact) mass is 354 g/mol. The van der Waals surface area contributed by atoms with Gasteiger partial charge < -0.3 is 20.1 Å². The summed E-state index contributed by atoms with van der Waals surface area (Å²) in [6, 6.07) is 5.36. The van der Waals surface area contributed by atoms with Crippen molar-refractivity contribution < 1.29 is 14.3 Å². The fourth-order valence-corrected chi connectivity index (χ4v) is 3.28. The van der Waals surface area contributed by atoms with E-state index in [1.807, 2.05) is 0 Å². The van der Waals surface area contributed by atoms with Crippen LogP contribution in [0.15, 0.2) is 18.2 Å². The predicted molar refractivity (Wildman–Crippen MR) is 96.8 cm³/mol. The molecule has 134 valence electrons. The second kappa shape index (κ2) is 9.87. The molecule has 1 fully saturated rings. The number of para-hydroxylation sites is 1. The third kappa shape index (κ3) is 5.65. The minimum atomic E-state index is -0.000101. The van der Waals surface area contributed by atoms with E-state index >= 15 is 0 Å². The topological polar surface area (TPSA) is 59.6 Å². The van der Waals surface area contributed by atoms with E-state index in [-0.39, 0.29) is 5.91 Å². The Balaban J connectivity index is 1.93. The molecule has 1 aromatic carbocycles. The summed E-state index contributed by atoms with van der Waals surface area (Å²) in [6.07, 6.45) is 2.78. The molecular weight excluding hydrogens is 328 g/mol. The molecule has 0 aliphatic carbocycles. The molecule has 2 N–H and O–H groups in total. The second-order valence-corrected chi connectivity index (χ2v) is 6.68. The quantitative estimate of drug-likeness (QED) is 0.703. The molecule has 2 rings (SSSR count). The van der Waals surface area contributed by atoms with Crippen LogP contribution in [0.4, 0.5) is 5.69 Å². The van der Waals surface area contributed by atoms with Crippen molar-refractivity contribution in [3.8, 4) is 5.75 Å². The molecule has 1 unspecified atom stereocenters. The number of halogens is 1. The lowest BCUT2D eigenvalue weighted by Crippen LogP contribution is -2.32. The summed E-state index contributed by atoms with van der Waals surface area (Å²) < 4.78 is 10.6. The smallest absolute Gasteiger partial charge is 0.224 e. The summed E-state index contributed by atoms with van der Waals surface area (Å²) in [5.41, 5.74) is 0.612. The van der Waals surface area contributed by atoms with Crippen molar-refractivity contribution in [2.45, 2.75) is 26.2 Å². The number of amides is 1. The highest BCUT2D eigenvalue weighted by Crippen LogP contribution is 2.33. The molecule has 5 nitrogen and oxygen atoms in total. The number of benzene rings is 1. The number of methoxy groups -OCH3 is 1. The number of hydrogen-bond acceptors (Lipinski definition) is 4. The van der Waals surface area contributed by atoms with E-state index in [2.05, 4.69) is 17.6 Å². The van der Waals surface area contributed by atoms with Crippen LogP contribution >= 0.6 is 11.6 Å². The van der Waals surface area contributed by atoms with Gasteiger partial charge >= 0.3 is 0 Å². The normalized spacial score (nSPS) is 16.6. The van der Waals surface area contributed by atoms with Crippen LogP contribution in [0.5, 0.6) is 5.75 Å². The van der Waals surface area contributed by atoms with Gasteiger partial charge in [-0.1, -0.05) is 24.6 Å². The van der Waals surface area contributed by atoms with Crippen LogP contribution in [-0.2, 0) is 9.53 Å². The van der Waals surface area contributed by atoms with Crippen LogP contribution < -0.4 is 15.4 Å². The van der Waals surface area contributed by atoms with E-state index in [0.717, 1.165) is 25.9 Å². The second-order valence-electron chi connectivity index (χ2n) is 6.27. The molecule has 24 heavy (non-hydrogen) atoms. The predicted octanol–water partition coefficient (Wildman–Crippen LogP) is 3.33. The number of ether oxygens (including phenoxy) is 2. The van der Waals surface area contributed by atoms with Crippen LogP contribution in [0.3, 0.4) is 0 Å². The van der Waals surface area contributed by atoms with E-state index in [4.69, 9.17) is 21.1 Å². The molecule has 6 heteroatoms. The maximum absolute atomic E-state index is 12.4. The molecule has 1 aliphatic rings. The Bertz CT molecular complexity index is 533. The number of piperidine rings is 1. The number of carbonyl (C=O) groups excluding carboxylic acids is 1. The summed E-state index contributed by atoms with van der Waals surface area (Å²) in [5.74, 6) is 1.47. The molecule has 1 amide bonds. The summed E-state index contributed by atoms with van der Waals surface area (Å²) in [6.45, 7) is 5.09. The molecule has 1 aromatic rings. The summed E-state index contributed by atoms with van der Waals surface area (Å²) in [4.78, 5) is 12.4. The average molecular weight is 355 g/mol. The lowest BCUT2D eigenvalue weighted by molar-refractivity contribution is -0.117. The number of carbonyl (C=O) groups is 1. The fraction of sp³-hybridized carbons (Fsp3) is 0.611. The largest absolute Gasteiger partial charge is 0.487 e. The van der Waals surface area contributed by atoms with Crippen LogP contribution in [0.25, 0.3) is 0 Å². The molecule has 0 spiro atoms. The Kier molecular flexibility index (Phi) is 7.82. The van der Waals surface area contributed by atoms with Gasteiger partial charge in [0.15, 0.2) is 5.75 Å². The molecular formula is C18H27ClN2O3. The van der Waals surface area contributed by atoms with E-state index in [1.54, 1.807) is 25.3 Å². The molecule has 0 aromatic heterocycles. The number of anilines is 1. The van der Waals surface area contributed by atoms with E-state index < -0.39 is 0 Å². The van der Waals surface area contributed by atoms with Crippen molar-refractivity contribution >= 4 is 23.2 Å². The van der Waals surface area contributed by atoms with Gasteiger partial charge in [-0.2, -0.15) is 0 Å². The Morgan fingerprint density at radius 2 is 2.12 bits per heavy atom. The van der Waals surface area contributed by atoms with Gasteiger partial charge in [0.25, 0.3) is 0 Å². The highest BCUT2D eigenvalue weighted by molar-refractivity contribution is 6.32. The van der Waals surface area contributed by atoms with E-state index in [9.17, 15) is 4.79 Å². The molecule has 1 heterocycles. The Morgan fingerprint density at radius 1 is 1.38 bits per heavy atom. The first-order valence-corrected chi connectivity index (χ1v) is 8.90. The maximum atomic E-state index is 12.4. The third-order valence-electron chi connectivity index (χ3n) is 4.47. The highest BCUT2D eigenvalue weighted by Gasteiger charge is 2.22. The number of rotatable bonds is 8. The lowest BCUT2D eigenvalue weighted by Gasteiger charge is -2.28. The first-order valence-electron chi connectivity index (χ1n) is 8.52. The molecule has 1 atom stereocenters. The summed E-state index contributed by atoms with van der Waals surface area (Å²) in [7, 11) is 1.61. The molecule has 1 saturated heterocycles. The van der Waals surface area contributed by atoms with Gasteiger partial charge in [-0.3, -0.25) is 4.79 Å². The Morgan fingerprint density at radius 3 is 2.83 bits per heavy atom. The Labute approximate surface area is 149 Å². The van der Waals surface area contributed by atoms with Crippen LogP contribution in [0.1, 0.15) is 26.2 Å². The summed E-state index contributed by atoms with van der Waals surface area (Å²) in [5, 5.41) is 6.78. The highest BCUT2D eigenvalue weighted by atomic mass is 35.5. The van der Waals surface area contributed by atoms with Crippen LogP contribution in [0, 0.1) is 11.8 Å². The SMILES string of the molecule is COCCOc1c(Cl)cccc1NC(=O)CC(C)C1CCNCC1. The van der Waals surface area contributed by atoms with Crippen LogP contribution in [0.2, 0.25) is 5.02 Å². The van der Waals surface area contributed by atoms with E-state index in [0.29, 0.717) is 47.9 Å². The van der Waals surface area contributed by atoms with Crippen molar-refractivity contribution in [3.05, 3.63) is 23.2 Å². The first kappa shape index (κ1) is 19.0. The first-order chi connectivity index (χ1) is 11.6. The van der Waals surface area contributed by atoms with E-state index in [1.165, 1.54) is 0 Å². The van der Waals surface area contributed by atoms with Gasteiger partial charge in [0.2, 0.25) is 5.91 Å². The van der Waals surface area contributed by atoms with Gasteiger partial charge in [-0.25, -0.2) is 0 Å². The van der Waals surface area contributed by atoms with Gasteiger partial charge in [0, 0.05) is 13.5 Å². The van der Waals surface area contributed by atoms with Crippen molar-refractivity contribution in [2.24, 2.45) is 11.8 Å².